The van der Waals surface area contributed by atoms with Gasteiger partial charge in [0.25, 0.3) is 11.6 Å². The number of anilines is 1. The number of ether oxygens (including phenoxy) is 1. The summed E-state index contributed by atoms with van der Waals surface area (Å²) >= 11 is 0. The standard InChI is InChI=1S/C22H16N4O4/c1-15-2-6-18(7-3-15)25-22(27)17(13-23)12-16-4-9-20(10-5-16)30-21-11-8-19(14-24-21)26(28)29/h2-12,14H,1H3,(H,25,27)/b17-12-. The van der Waals surface area contributed by atoms with E-state index >= 15 is 0 Å². The van der Waals surface area contributed by atoms with Crippen LogP contribution in [0, 0.1) is 28.4 Å². The minimum Gasteiger partial charge on any atom is -0.439 e. The molecule has 0 atom stereocenters. The van der Waals surface area contributed by atoms with E-state index in [-0.39, 0.29) is 17.1 Å². The Balaban J connectivity index is 1.68. The summed E-state index contributed by atoms with van der Waals surface area (Å²) in [5, 5.41) is 22.7. The maximum atomic E-state index is 12.3. The lowest BCUT2D eigenvalue weighted by Gasteiger charge is -2.06. The number of nitro groups is 1. The lowest BCUT2D eigenvalue weighted by molar-refractivity contribution is -0.385. The largest absolute Gasteiger partial charge is 0.439 e. The highest BCUT2D eigenvalue weighted by molar-refractivity contribution is 6.09. The first kappa shape index (κ1) is 20.2. The van der Waals surface area contributed by atoms with Gasteiger partial charge >= 0.3 is 0 Å². The summed E-state index contributed by atoms with van der Waals surface area (Å²) in [6.45, 7) is 1.94. The van der Waals surface area contributed by atoms with Crippen molar-refractivity contribution in [2.45, 2.75) is 6.92 Å². The molecule has 148 valence electrons. The van der Waals surface area contributed by atoms with Gasteiger partial charge in [0.15, 0.2) is 0 Å². The van der Waals surface area contributed by atoms with Gasteiger partial charge in [0.1, 0.15) is 23.6 Å². The molecule has 1 N–H and O–H groups in total. The molecule has 2 aromatic carbocycles. The second-order valence-corrected chi connectivity index (χ2v) is 6.27. The van der Waals surface area contributed by atoms with E-state index in [1.54, 1.807) is 36.4 Å². The molecule has 8 nitrogen and oxygen atoms in total. The Morgan fingerprint density at radius 3 is 2.40 bits per heavy atom. The number of amides is 1. The Kier molecular flexibility index (Phi) is 6.15. The van der Waals surface area contributed by atoms with E-state index < -0.39 is 10.8 Å². The summed E-state index contributed by atoms with van der Waals surface area (Å²) in [6, 6.07) is 18.5. The predicted octanol–water partition coefficient (Wildman–Crippen LogP) is 4.64. The molecule has 1 aromatic heterocycles. The van der Waals surface area contributed by atoms with Gasteiger partial charge in [-0.25, -0.2) is 4.98 Å². The predicted molar refractivity (Wildman–Crippen MR) is 111 cm³/mol. The summed E-state index contributed by atoms with van der Waals surface area (Å²) in [5.74, 6) is 0.159. The van der Waals surface area contributed by atoms with Gasteiger partial charge in [0, 0.05) is 17.8 Å². The molecule has 0 unspecified atom stereocenters. The Labute approximate surface area is 172 Å². The van der Waals surface area contributed by atoms with Crippen LogP contribution in [0.25, 0.3) is 6.08 Å². The van der Waals surface area contributed by atoms with Gasteiger partial charge in [0.05, 0.1) is 4.92 Å². The maximum Gasteiger partial charge on any atom is 0.287 e. The summed E-state index contributed by atoms with van der Waals surface area (Å²) < 4.78 is 5.54. The van der Waals surface area contributed by atoms with Crippen LogP contribution < -0.4 is 10.1 Å². The fourth-order valence-electron chi connectivity index (χ4n) is 2.44. The van der Waals surface area contributed by atoms with Gasteiger partial charge in [-0.1, -0.05) is 29.8 Å². The number of pyridine rings is 1. The third kappa shape index (κ3) is 5.27. The Bertz CT molecular complexity index is 1130. The van der Waals surface area contributed by atoms with Crippen molar-refractivity contribution in [3.05, 3.63) is 93.7 Å². The van der Waals surface area contributed by atoms with Crippen molar-refractivity contribution < 1.29 is 14.5 Å². The van der Waals surface area contributed by atoms with Crippen molar-refractivity contribution in [3.8, 4) is 17.7 Å². The molecule has 3 aromatic rings. The quantitative estimate of drug-likeness (QED) is 0.279. The Morgan fingerprint density at radius 1 is 1.13 bits per heavy atom. The molecule has 8 heteroatoms. The third-order valence-corrected chi connectivity index (χ3v) is 4.02. The van der Waals surface area contributed by atoms with E-state index in [9.17, 15) is 20.2 Å². The first-order valence-electron chi connectivity index (χ1n) is 8.83. The van der Waals surface area contributed by atoms with E-state index in [0.717, 1.165) is 11.8 Å². The van der Waals surface area contributed by atoms with Gasteiger partial charge in [-0.2, -0.15) is 5.26 Å². The molecule has 0 aliphatic heterocycles. The molecule has 0 saturated heterocycles. The minimum atomic E-state index is -0.542. The van der Waals surface area contributed by atoms with Crippen LogP contribution in [0.4, 0.5) is 11.4 Å². The molecule has 0 radical (unpaired) electrons. The van der Waals surface area contributed by atoms with Gasteiger partial charge in [-0.05, 0) is 42.8 Å². The van der Waals surface area contributed by atoms with Gasteiger partial charge in [-0.15, -0.1) is 0 Å². The van der Waals surface area contributed by atoms with Crippen LogP contribution >= 0.6 is 0 Å². The zero-order chi connectivity index (χ0) is 21.5. The highest BCUT2D eigenvalue weighted by Gasteiger charge is 2.10. The number of nitriles is 1. The zero-order valence-electron chi connectivity index (χ0n) is 15.9. The van der Waals surface area contributed by atoms with E-state index in [1.807, 2.05) is 25.1 Å². The second kappa shape index (κ2) is 9.12. The molecule has 3 rings (SSSR count). The number of aromatic nitrogens is 1. The van der Waals surface area contributed by atoms with Crippen LogP contribution in [0.2, 0.25) is 0 Å². The number of aryl methyl sites for hydroxylation is 1. The fourth-order valence-corrected chi connectivity index (χ4v) is 2.44. The van der Waals surface area contributed by atoms with Gasteiger partial charge in [-0.3, -0.25) is 14.9 Å². The minimum absolute atomic E-state index is 0.0405. The van der Waals surface area contributed by atoms with Crippen molar-refractivity contribution in [2.24, 2.45) is 0 Å². The van der Waals surface area contributed by atoms with Crippen LogP contribution in [0.1, 0.15) is 11.1 Å². The third-order valence-electron chi connectivity index (χ3n) is 4.02. The molecule has 0 aliphatic carbocycles. The number of nitrogens with one attached hydrogen (secondary N) is 1. The van der Waals surface area contributed by atoms with E-state index in [1.165, 1.54) is 18.2 Å². The van der Waals surface area contributed by atoms with Crippen molar-refractivity contribution in [3.63, 3.8) is 0 Å². The SMILES string of the molecule is Cc1ccc(NC(=O)/C(C#N)=C\c2ccc(Oc3ccc([N+](=O)[O-])cn3)cc2)cc1. The molecule has 0 aliphatic rings. The first-order chi connectivity index (χ1) is 14.4. The molecular weight excluding hydrogens is 384 g/mol. The number of nitrogens with zero attached hydrogens (tertiary/aromatic N) is 3. The van der Waals surface area contributed by atoms with Crippen LogP contribution in [0.15, 0.2) is 72.4 Å². The smallest absolute Gasteiger partial charge is 0.287 e. The molecule has 30 heavy (non-hydrogen) atoms. The number of rotatable bonds is 6. The number of carbonyl (C=O) groups excluding carboxylic acids is 1. The summed E-state index contributed by atoms with van der Waals surface area (Å²) in [6.07, 6.45) is 2.58. The normalized spacial score (nSPS) is 10.7. The lowest BCUT2D eigenvalue weighted by Crippen LogP contribution is -2.13. The fraction of sp³-hybridized carbons (Fsp3) is 0.0455. The number of carbonyl (C=O) groups is 1. The highest BCUT2D eigenvalue weighted by Crippen LogP contribution is 2.22. The van der Waals surface area contributed by atoms with Crippen molar-refractivity contribution in [1.29, 1.82) is 5.26 Å². The monoisotopic (exact) mass is 400 g/mol. The van der Waals surface area contributed by atoms with Gasteiger partial charge < -0.3 is 10.1 Å². The average molecular weight is 400 g/mol. The Morgan fingerprint density at radius 2 is 1.83 bits per heavy atom. The van der Waals surface area contributed by atoms with E-state index in [2.05, 4.69) is 10.3 Å². The molecule has 0 saturated carbocycles. The summed E-state index contributed by atoms with van der Waals surface area (Å²) in [4.78, 5) is 26.3. The summed E-state index contributed by atoms with van der Waals surface area (Å²) in [5.41, 5.74) is 2.13. The van der Waals surface area contributed by atoms with E-state index in [0.29, 0.717) is 17.0 Å². The number of benzene rings is 2. The zero-order valence-corrected chi connectivity index (χ0v) is 15.9. The maximum absolute atomic E-state index is 12.3. The van der Waals surface area contributed by atoms with Crippen molar-refractivity contribution in [1.82, 2.24) is 4.98 Å². The van der Waals surface area contributed by atoms with Crippen molar-refractivity contribution >= 4 is 23.4 Å². The van der Waals surface area contributed by atoms with E-state index in [4.69, 9.17) is 4.74 Å². The molecular formula is C22H16N4O4. The topological polar surface area (TPSA) is 118 Å². The first-order valence-corrected chi connectivity index (χ1v) is 8.83. The second-order valence-electron chi connectivity index (χ2n) is 6.27. The lowest BCUT2D eigenvalue weighted by atomic mass is 10.1. The highest BCUT2D eigenvalue weighted by atomic mass is 16.6. The van der Waals surface area contributed by atoms with Gasteiger partial charge in [0.2, 0.25) is 5.88 Å². The van der Waals surface area contributed by atoms with Crippen LogP contribution in [-0.4, -0.2) is 15.8 Å². The number of hydrogen-bond acceptors (Lipinski definition) is 6. The molecule has 0 fully saturated rings. The number of hydrogen-bond donors (Lipinski definition) is 1. The van der Waals surface area contributed by atoms with Crippen LogP contribution in [-0.2, 0) is 4.79 Å². The van der Waals surface area contributed by atoms with Crippen LogP contribution in [0.5, 0.6) is 11.6 Å². The van der Waals surface area contributed by atoms with Crippen molar-refractivity contribution in [2.75, 3.05) is 5.32 Å². The Hall–Kier alpha value is -4.51. The molecule has 0 bridgehead atoms. The average Bonchev–Trinajstić information content (AvgIpc) is 2.75. The van der Waals surface area contributed by atoms with Crippen LogP contribution in [0.3, 0.4) is 0 Å². The summed E-state index contributed by atoms with van der Waals surface area (Å²) in [7, 11) is 0. The molecule has 1 amide bonds. The molecule has 0 spiro atoms. The molecule has 1 heterocycles.